The van der Waals surface area contributed by atoms with Crippen molar-refractivity contribution in [2.24, 2.45) is 17.8 Å². The molecule has 1 aromatic rings. The van der Waals surface area contributed by atoms with Crippen molar-refractivity contribution in [2.45, 2.75) is 38.4 Å². The first-order valence-corrected chi connectivity index (χ1v) is 10.6. The monoisotopic (exact) mass is 516 g/mol. The lowest BCUT2D eigenvalue weighted by atomic mass is 9.68. The number of hydrogen-bond donors (Lipinski definition) is 3. The van der Waals surface area contributed by atoms with Gasteiger partial charge in [-0.25, -0.2) is 0 Å². The van der Waals surface area contributed by atoms with Gasteiger partial charge < -0.3 is 29.5 Å². The van der Waals surface area contributed by atoms with E-state index in [2.05, 4.69) is 15.9 Å². The standard InChI is InChI=1S/C21H25BrO10/c1-10(23)31-9-17-13(7-19(26)27)12(6-18(24)25)14(8-20(28)29)21(32-17)15-5-11(22)3-4-16(15)30-2/h3-5,12-14,17,21H,6-9H2,1-2H3,(H,24,25)(H,26,27)(H,28,29)/t12-,13+,14+,17-,21+/m0/s1. The Kier molecular flexibility index (Phi) is 9.02. The average Bonchev–Trinajstić information content (AvgIpc) is 2.68. The van der Waals surface area contributed by atoms with Crippen molar-refractivity contribution in [1.82, 2.24) is 0 Å². The minimum atomic E-state index is -1.20. The molecule has 1 aromatic carbocycles. The summed E-state index contributed by atoms with van der Waals surface area (Å²) in [5.41, 5.74) is 0.477. The molecule has 0 amide bonds. The van der Waals surface area contributed by atoms with Gasteiger partial charge in [0, 0.05) is 35.2 Å². The molecule has 1 heterocycles. The van der Waals surface area contributed by atoms with Crippen molar-refractivity contribution >= 4 is 39.8 Å². The number of rotatable bonds is 10. The third kappa shape index (κ3) is 6.67. The first-order valence-electron chi connectivity index (χ1n) is 9.81. The lowest BCUT2D eigenvalue weighted by molar-refractivity contribution is -0.189. The van der Waals surface area contributed by atoms with Crippen LogP contribution in [0.25, 0.3) is 0 Å². The van der Waals surface area contributed by atoms with Crippen LogP contribution in [0.1, 0.15) is 37.9 Å². The highest BCUT2D eigenvalue weighted by Crippen LogP contribution is 2.49. The maximum Gasteiger partial charge on any atom is 0.303 e. The van der Waals surface area contributed by atoms with Gasteiger partial charge in [0.2, 0.25) is 0 Å². The van der Waals surface area contributed by atoms with E-state index in [1.54, 1.807) is 18.2 Å². The van der Waals surface area contributed by atoms with Crippen LogP contribution in [0.2, 0.25) is 0 Å². The number of hydrogen-bond acceptors (Lipinski definition) is 7. The second-order valence-corrected chi connectivity index (χ2v) is 8.48. The van der Waals surface area contributed by atoms with Crippen molar-refractivity contribution in [3.8, 4) is 5.75 Å². The van der Waals surface area contributed by atoms with Crippen LogP contribution in [0.4, 0.5) is 0 Å². The third-order valence-electron chi connectivity index (χ3n) is 5.47. The number of aliphatic carboxylic acids is 3. The second kappa shape index (κ2) is 11.3. The number of carboxylic acid groups (broad SMARTS) is 3. The van der Waals surface area contributed by atoms with Crippen LogP contribution in [0.3, 0.4) is 0 Å². The lowest BCUT2D eigenvalue weighted by Gasteiger charge is -2.46. The number of carbonyl (C=O) groups excluding carboxylic acids is 1. The molecular formula is C21H25BrO10. The van der Waals surface area contributed by atoms with Gasteiger partial charge in [-0.2, -0.15) is 0 Å². The summed E-state index contributed by atoms with van der Waals surface area (Å²) < 4.78 is 17.3. The van der Waals surface area contributed by atoms with Gasteiger partial charge in [0.05, 0.1) is 32.2 Å². The molecule has 32 heavy (non-hydrogen) atoms. The molecule has 11 heteroatoms. The molecule has 0 saturated carbocycles. The van der Waals surface area contributed by atoms with Crippen LogP contribution in [-0.2, 0) is 28.7 Å². The molecule has 3 N–H and O–H groups in total. The molecule has 1 saturated heterocycles. The maximum absolute atomic E-state index is 11.7. The summed E-state index contributed by atoms with van der Waals surface area (Å²) in [4.78, 5) is 46.3. The van der Waals surface area contributed by atoms with Gasteiger partial charge >= 0.3 is 23.9 Å². The van der Waals surface area contributed by atoms with Crippen molar-refractivity contribution in [1.29, 1.82) is 0 Å². The zero-order valence-electron chi connectivity index (χ0n) is 17.5. The molecular weight excluding hydrogens is 492 g/mol. The van der Waals surface area contributed by atoms with Gasteiger partial charge in [0.15, 0.2) is 0 Å². The molecule has 1 aliphatic heterocycles. The predicted molar refractivity (Wildman–Crippen MR) is 112 cm³/mol. The van der Waals surface area contributed by atoms with E-state index in [9.17, 15) is 34.5 Å². The number of benzene rings is 1. The van der Waals surface area contributed by atoms with Crippen molar-refractivity contribution in [2.75, 3.05) is 13.7 Å². The van der Waals surface area contributed by atoms with E-state index in [-0.39, 0.29) is 6.61 Å². The topological polar surface area (TPSA) is 157 Å². The maximum atomic E-state index is 11.7. The molecule has 5 atom stereocenters. The second-order valence-electron chi connectivity index (χ2n) is 7.57. The van der Waals surface area contributed by atoms with Gasteiger partial charge in [0.25, 0.3) is 0 Å². The fraction of sp³-hybridized carbons (Fsp3) is 0.524. The fourth-order valence-corrected chi connectivity index (χ4v) is 4.63. The van der Waals surface area contributed by atoms with Gasteiger partial charge in [-0.05, 0) is 24.1 Å². The number of ether oxygens (including phenoxy) is 3. The zero-order valence-corrected chi connectivity index (χ0v) is 19.1. The van der Waals surface area contributed by atoms with Crippen LogP contribution < -0.4 is 4.74 Å². The Balaban J connectivity index is 2.62. The summed E-state index contributed by atoms with van der Waals surface area (Å²) in [7, 11) is 1.43. The molecule has 1 fully saturated rings. The van der Waals surface area contributed by atoms with Crippen LogP contribution in [0.15, 0.2) is 22.7 Å². The summed E-state index contributed by atoms with van der Waals surface area (Å²) in [6.45, 7) is 0.891. The Labute approximate surface area is 192 Å². The van der Waals surface area contributed by atoms with E-state index >= 15 is 0 Å². The van der Waals surface area contributed by atoms with E-state index in [0.29, 0.717) is 15.8 Å². The van der Waals surface area contributed by atoms with Gasteiger partial charge in [-0.1, -0.05) is 15.9 Å². The summed E-state index contributed by atoms with van der Waals surface area (Å²) in [6, 6.07) is 5.05. The van der Waals surface area contributed by atoms with E-state index in [4.69, 9.17) is 14.2 Å². The molecule has 10 nitrogen and oxygen atoms in total. The Bertz CT molecular complexity index is 870. The Morgan fingerprint density at radius 1 is 0.969 bits per heavy atom. The Morgan fingerprint density at radius 3 is 2.06 bits per heavy atom. The summed E-state index contributed by atoms with van der Waals surface area (Å²) in [5.74, 6) is -6.43. The van der Waals surface area contributed by atoms with Crippen LogP contribution in [0, 0.1) is 17.8 Å². The number of esters is 1. The molecule has 0 aliphatic carbocycles. The third-order valence-corrected chi connectivity index (χ3v) is 5.96. The molecule has 0 spiro atoms. The Morgan fingerprint density at radius 2 is 1.53 bits per heavy atom. The molecule has 176 valence electrons. The van der Waals surface area contributed by atoms with Crippen LogP contribution >= 0.6 is 15.9 Å². The number of halogens is 1. The van der Waals surface area contributed by atoms with Crippen molar-refractivity contribution < 1.29 is 48.7 Å². The van der Waals surface area contributed by atoms with Crippen LogP contribution in [0.5, 0.6) is 5.75 Å². The normalized spacial score (nSPS) is 25.0. The minimum Gasteiger partial charge on any atom is -0.496 e. The van der Waals surface area contributed by atoms with Gasteiger partial charge in [0.1, 0.15) is 12.4 Å². The largest absolute Gasteiger partial charge is 0.496 e. The number of carboxylic acids is 3. The highest BCUT2D eigenvalue weighted by molar-refractivity contribution is 9.10. The van der Waals surface area contributed by atoms with E-state index < -0.39 is 73.1 Å². The summed E-state index contributed by atoms with van der Waals surface area (Å²) in [5, 5.41) is 28.5. The van der Waals surface area contributed by atoms with E-state index in [0.717, 1.165) is 0 Å². The smallest absolute Gasteiger partial charge is 0.303 e. The first kappa shape index (κ1) is 25.6. The number of methoxy groups -OCH3 is 1. The van der Waals surface area contributed by atoms with E-state index in [1.165, 1.54) is 14.0 Å². The van der Waals surface area contributed by atoms with Crippen molar-refractivity contribution in [3.05, 3.63) is 28.2 Å². The highest BCUT2D eigenvalue weighted by atomic mass is 79.9. The molecule has 2 rings (SSSR count). The first-order chi connectivity index (χ1) is 15.0. The minimum absolute atomic E-state index is 0.296. The highest BCUT2D eigenvalue weighted by Gasteiger charge is 2.49. The molecule has 0 unspecified atom stereocenters. The zero-order chi connectivity index (χ0) is 24.0. The number of carbonyl (C=O) groups is 4. The SMILES string of the molecule is COc1ccc(Br)cc1[C@@H]1O[C@@H](COC(C)=O)[C@H](CC(=O)O)[C@H](CC(=O)O)[C@H]1CC(=O)O. The summed E-state index contributed by atoms with van der Waals surface area (Å²) in [6.07, 6.45) is -3.29. The molecule has 0 aromatic heterocycles. The lowest BCUT2D eigenvalue weighted by Crippen LogP contribution is -2.48. The predicted octanol–water partition coefficient (Wildman–Crippen LogP) is 2.73. The fourth-order valence-electron chi connectivity index (χ4n) is 4.25. The molecule has 0 radical (unpaired) electrons. The molecule has 1 aliphatic rings. The van der Waals surface area contributed by atoms with E-state index in [1.807, 2.05) is 0 Å². The van der Waals surface area contributed by atoms with Crippen LogP contribution in [-0.4, -0.2) is 59.0 Å². The summed E-state index contributed by atoms with van der Waals surface area (Å²) >= 11 is 3.36. The quantitative estimate of drug-likeness (QED) is 0.394. The average molecular weight is 517 g/mol. The van der Waals surface area contributed by atoms with Crippen molar-refractivity contribution in [3.63, 3.8) is 0 Å². The van der Waals surface area contributed by atoms with Gasteiger partial charge in [-0.3, -0.25) is 19.2 Å². The molecule has 0 bridgehead atoms. The van der Waals surface area contributed by atoms with Gasteiger partial charge in [-0.15, -0.1) is 0 Å². The Hall–Kier alpha value is -2.66.